The quantitative estimate of drug-likeness (QED) is 0.235. The molecule has 1 atom stereocenters. The first-order valence-corrected chi connectivity index (χ1v) is 14.4. The Kier molecular flexibility index (Phi) is 8.03. The van der Waals surface area contributed by atoms with Gasteiger partial charge in [-0.3, -0.25) is 14.9 Å². The molecule has 1 aliphatic rings. The van der Waals surface area contributed by atoms with Crippen molar-refractivity contribution in [3.8, 4) is 0 Å². The number of thiophene rings is 1. The summed E-state index contributed by atoms with van der Waals surface area (Å²) < 4.78 is 35.7. The minimum absolute atomic E-state index is 0.0372. The molecular weight excluding hydrogens is 536 g/mol. The van der Waals surface area contributed by atoms with Gasteiger partial charge in [-0.15, -0.1) is 11.3 Å². The highest BCUT2D eigenvalue weighted by Crippen LogP contribution is 2.31. The van der Waals surface area contributed by atoms with E-state index in [0.717, 1.165) is 11.3 Å². The Bertz CT molecular complexity index is 1430. The highest BCUT2D eigenvalue weighted by atomic mass is 35.5. The van der Waals surface area contributed by atoms with E-state index < -0.39 is 26.8 Å². The third-order valence-corrected chi connectivity index (χ3v) is 10.2. The fourth-order valence-corrected chi connectivity index (χ4v) is 8.14. The Balaban J connectivity index is 1.64. The van der Waals surface area contributed by atoms with Crippen LogP contribution >= 0.6 is 34.3 Å². The fourth-order valence-electron chi connectivity index (χ4n) is 3.89. The molecule has 0 N–H and O–H groups in total. The first-order valence-electron chi connectivity index (χ1n) is 10.9. The standard InChI is InChI=1S/C21H23ClN4O6S3/c1-2-32-11-10-25-16-6-5-15(26(28)29)12-17(16)33-21(25)23-20(27)14-4-3-9-24(13-14)35(30,31)19-8-7-18(22)34-19/h5-8,12,14H,2-4,9-11,13H2,1H3. The van der Waals surface area contributed by atoms with Gasteiger partial charge in [0.05, 0.1) is 32.0 Å². The van der Waals surface area contributed by atoms with Gasteiger partial charge in [0.2, 0.25) is 0 Å². The summed E-state index contributed by atoms with van der Waals surface area (Å²) in [4.78, 5) is 28.6. The zero-order valence-corrected chi connectivity index (χ0v) is 22.0. The number of ether oxygens (including phenoxy) is 1. The van der Waals surface area contributed by atoms with Crippen LogP contribution in [0.4, 0.5) is 5.69 Å². The SMILES string of the molecule is CCOCCn1c(=NC(=O)C2CCCN(S(=O)(=O)c3ccc(Cl)s3)C2)sc2cc([N+](=O)[O-])ccc21. The fraction of sp³-hybridized carbons (Fsp3) is 0.429. The van der Waals surface area contributed by atoms with Crippen LogP contribution in [0.5, 0.6) is 0 Å². The summed E-state index contributed by atoms with van der Waals surface area (Å²) in [6, 6.07) is 7.52. The minimum Gasteiger partial charge on any atom is -0.380 e. The van der Waals surface area contributed by atoms with Gasteiger partial charge in [0, 0.05) is 38.4 Å². The van der Waals surface area contributed by atoms with Crippen LogP contribution in [-0.4, -0.2) is 54.4 Å². The Morgan fingerprint density at radius 3 is 2.80 bits per heavy atom. The first kappa shape index (κ1) is 25.9. The number of hydrogen-bond donors (Lipinski definition) is 0. The zero-order chi connectivity index (χ0) is 25.2. The van der Waals surface area contributed by atoms with Crippen molar-refractivity contribution in [1.29, 1.82) is 0 Å². The normalized spacial score (nSPS) is 17.8. The summed E-state index contributed by atoms with van der Waals surface area (Å²) in [6.45, 7) is 3.57. The van der Waals surface area contributed by atoms with Gasteiger partial charge in [0.15, 0.2) is 4.80 Å². The predicted octanol–water partition coefficient (Wildman–Crippen LogP) is 3.89. The molecule has 0 bridgehead atoms. The second kappa shape index (κ2) is 10.8. The molecule has 4 rings (SSSR count). The van der Waals surface area contributed by atoms with Gasteiger partial charge in [-0.25, -0.2) is 8.42 Å². The van der Waals surface area contributed by atoms with Crippen LogP contribution < -0.4 is 4.80 Å². The lowest BCUT2D eigenvalue weighted by Gasteiger charge is -2.29. The smallest absolute Gasteiger partial charge is 0.270 e. The number of nitro groups is 1. The minimum atomic E-state index is -3.75. The Hall–Kier alpha value is -2.16. The maximum atomic E-state index is 13.2. The summed E-state index contributed by atoms with van der Waals surface area (Å²) in [7, 11) is -3.75. The van der Waals surface area contributed by atoms with Crippen molar-refractivity contribution in [2.24, 2.45) is 10.9 Å². The van der Waals surface area contributed by atoms with Crippen LogP contribution in [0.1, 0.15) is 19.8 Å². The molecule has 3 aromatic rings. The van der Waals surface area contributed by atoms with Crippen LogP contribution in [0.15, 0.2) is 39.5 Å². The molecule has 1 unspecified atom stereocenters. The molecule has 188 valence electrons. The highest BCUT2D eigenvalue weighted by Gasteiger charge is 2.34. The first-order chi connectivity index (χ1) is 16.7. The Labute approximate surface area is 214 Å². The average Bonchev–Trinajstić information content (AvgIpc) is 3.42. The number of amides is 1. The third-order valence-electron chi connectivity index (χ3n) is 5.62. The van der Waals surface area contributed by atoms with Crippen molar-refractivity contribution in [1.82, 2.24) is 8.87 Å². The number of sulfonamides is 1. The molecule has 1 aromatic carbocycles. The molecule has 0 spiro atoms. The van der Waals surface area contributed by atoms with Crippen LogP contribution in [0.25, 0.3) is 10.2 Å². The van der Waals surface area contributed by atoms with Crippen LogP contribution in [0, 0.1) is 16.0 Å². The number of halogens is 1. The topological polar surface area (TPSA) is 124 Å². The number of aromatic nitrogens is 1. The number of nitro benzene ring substituents is 1. The van der Waals surface area contributed by atoms with Crippen molar-refractivity contribution in [2.45, 2.75) is 30.5 Å². The molecule has 0 aliphatic carbocycles. The lowest BCUT2D eigenvalue weighted by atomic mass is 9.99. The molecular formula is C21H23ClN4O6S3. The molecule has 0 radical (unpaired) electrons. The van der Waals surface area contributed by atoms with Crippen LogP contribution in [0.3, 0.4) is 0 Å². The van der Waals surface area contributed by atoms with E-state index in [0.29, 0.717) is 58.5 Å². The monoisotopic (exact) mass is 558 g/mol. The highest BCUT2D eigenvalue weighted by molar-refractivity contribution is 7.91. The molecule has 14 heteroatoms. The lowest BCUT2D eigenvalue weighted by molar-refractivity contribution is -0.384. The van der Waals surface area contributed by atoms with Gasteiger partial charge in [0.1, 0.15) is 4.21 Å². The van der Waals surface area contributed by atoms with Gasteiger partial charge >= 0.3 is 0 Å². The summed E-state index contributed by atoms with van der Waals surface area (Å²) in [5.74, 6) is -1.01. The van der Waals surface area contributed by atoms with Crippen molar-refractivity contribution < 1.29 is 22.9 Å². The van der Waals surface area contributed by atoms with E-state index in [1.807, 2.05) is 11.5 Å². The van der Waals surface area contributed by atoms with E-state index in [1.165, 1.54) is 39.9 Å². The van der Waals surface area contributed by atoms with E-state index in [-0.39, 0.29) is 16.4 Å². The summed E-state index contributed by atoms with van der Waals surface area (Å²) >= 11 is 8.08. The van der Waals surface area contributed by atoms with E-state index in [4.69, 9.17) is 16.3 Å². The van der Waals surface area contributed by atoms with E-state index in [1.54, 1.807) is 6.07 Å². The summed E-state index contributed by atoms with van der Waals surface area (Å²) in [5.41, 5.74) is 0.671. The van der Waals surface area contributed by atoms with Gasteiger partial charge in [-0.1, -0.05) is 22.9 Å². The van der Waals surface area contributed by atoms with Crippen LogP contribution in [-0.2, 0) is 26.1 Å². The van der Waals surface area contributed by atoms with Crippen molar-refractivity contribution in [2.75, 3.05) is 26.3 Å². The van der Waals surface area contributed by atoms with E-state index in [2.05, 4.69) is 4.99 Å². The molecule has 1 fully saturated rings. The zero-order valence-electron chi connectivity index (χ0n) is 18.8. The van der Waals surface area contributed by atoms with E-state index in [9.17, 15) is 23.3 Å². The molecule has 3 heterocycles. The van der Waals surface area contributed by atoms with Gasteiger partial charge in [-0.05, 0) is 38.0 Å². The number of hydrogen-bond acceptors (Lipinski definition) is 8. The number of piperidine rings is 1. The summed E-state index contributed by atoms with van der Waals surface area (Å²) in [5, 5.41) is 11.2. The predicted molar refractivity (Wildman–Crippen MR) is 134 cm³/mol. The van der Waals surface area contributed by atoms with Crippen molar-refractivity contribution in [3.63, 3.8) is 0 Å². The maximum Gasteiger partial charge on any atom is 0.270 e. The third kappa shape index (κ3) is 5.65. The molecule has 35 heavy (non-hydrogen) atoms. The molecule has 0 saturated carbocycles. The van der Waals surface area contributed by atoms with Crippen molar-refractivity contribution in [3.05, 3.63) is 49.6 Å². The Morgan fingerprint density at radius 2 is 2.11 bits per heavy atom. The average molecular weight is 559 g/mol. The number of carbonyl (C=O) groups is 1. The second-order valence-electron chi connectivity index (χ2n) is 7.85. The number of non-ortho nitro benzene ring substituents is 1. The molecule has 10 nitrogen and oxygen atoms in total. The largest absolute Gasteiger partial charge is 0.380 e. The number of thiazole rings is 1. The maximum absolute atomic E-state index is 13.2. The molecule has 2 aromatic heterocycles. The number of fused-ring (bicyclic) bond motifs is 1. The number of benzene rings is 1. The molecule has 1 saturated heterocycles. The molecule has 1 aliphatic heterocycles. The number of rotatable bonds is 8. The lowest BCUT2D eigenvalue weighted by Crippen LogP contribution is -2.42. The number of carbonyl (C=O) groups excluding carboxylic acids is 1. The second-order valence-corrected chi connectivity index (χ2v) is 12.7. The summed E-state index contributed by atoms with van der Waals surface area (Å²) in [6.07, 6.45) is 1.06. The Morgan fingerprint density at radius 1 is 1.31 bits per heavy atom. The molecule has 1 amide bonds. The van der Waals surface area contributed by atoms with Gasteiger partial charge in [-0.2, -0.15) is 9.30 Å². The number of nitrogens with zero attached hydrogens (tertiary/aromatic N) is 4. The van der Waals surface area contributed by atoms with Gasteiger partial charge in [0.25, 0.3) is 21.6 Å². The van der Waals surface area contributed by atoms with Gasteiger partial charge < -0.3 is 9.30 Å². The van der Waals surface area contributed by atoms with E-state index >= 15 is 0 Å². The van der Waals surface area contributed by atoms with Crippen molar-refractivity contribution >= 4 is 66.1 Å². The van der Waals surface area contributed by atoms with Crippen LogP contribution in [0.2, 0.25) is 4.34 Å².